The smallest absolute Gasteiger partial charge is 0.136 e. The van der Waals surface area contributed by atoms with Crippen LogP contribution in [0.15, 0.2) is 28.9 Å². The Bertz CT molecular complexity index is 853. The summed E-state index contributed by atoms with van der Waals surface area (Å²) in [6.07, 6.45) is 4.39. The first kappa shape index (κ1) is 14.0. The topological polar surface area (TPSA) is 43.0 Å². The van der Waals surface area contributed by atoms with Crippen molar-refractivity contribution in [3.63, 3.8) is 0 Å². The van der Waals surface area contributed by atoms with E-state index in [1.54, 1.807) is 17.1 Å². The van der Waals surface area contributed by atoms with Crippen LogP contribution in [-0.4, -0.2) is 16.3 Å². The molecule has 0 bridgehead atoms. The van der Waals surface area contributed by atoms with Gasteiger partial charge in [-0.3, -0.25) is 4.68 Å². The Balaban J connectivity index is 1.88. The maximum atomic E-state index is 6.36. The van der Waals surface area contributed by atoms with E-state index >= 15 is 0 Å². The van der Waals surface area contributed by atoms with Gasteiger partial charge in [0.15, 0.2) is 0 Å². The Labute approximate surface area is 138 Å². The molecule has 4 rings (SSSR count). The second kappa shape index (κ2) is 5.21. The maximum Gasteiger partial charge on any atom is 0.136 e. The van der Waals surface area contributed by atoms with E-state index in [9.17, 15) is 0 Å². The lowest BCUT2D eigenvalue weighted by Gasteiger charge is -2.10. The zero-order chi connectivity index (χ0) is 15.3. The van der Waals surface area contributed by atoms with Crippen molar-refractivity contribution in [1.29, 1.82) is 0 Å². The lowest BCUT2D eigenvalue weighted by molar-refractivity contribution is 0.495. The molecule has 0 spiro atoms. The number of nitrogens with one attached hydrogen (secondary N) is 1. The SMILES string of the molecule is CC1CNc2c(Cl)ccc3oc(Cn4cc(Cl)cn4)c(c23)C1. The molecule has 1 aliphatic rings. The van der Waals surface area contributed by atoms with Gasteiger partial charge < -0.3 is 9.73 Å². The molecule has 0 fully saturated rings. The molecule has 6 heteroatoms. The molecule has 2 aromatic heterocycles. The van der Waals surface area contributed by atoms with Crippen molar-refractivity contribution >= 4 is 39.9 Å². The van der Waals surface area contributed by atoms with Crippen LogP contribution in [0.4, 0.5) is 5.69 Å². The van der Waals surface area contributed by atoms with Gasteiger partial charge in [-0.05, 0) is 24.5 Å². The number of aromatic nitrogens is 2. The molecule has 114 valence electrons. The van der Waals surface area contributed by atoms with E-state index in [4.69, 9.17) is 27.6 Å². The van der Waals surface area contributed by atoms with E-state index in [0.717, 1.165) is 40.4 Å². The molecule has 1 unspecified atom stereocenters. The van der Waals surface area contributed by atoms with Gasteiger partial charge in [-0.2, -0.15) is 5.10 Å². The summed E-state index contributed by atoms with van der Waals surface area (Å²) < 4.78 is 7.87. The fourth-order valence-electron chi connectivity index (χ4n) is 3.06. The number of halogens is 2. The van der Waals surface area contributed by atoms with Crippen LogP contribution in [0, 0.1) is 5.92 Å². The zero-order valence-corrected chi connectivity index (χ0v) is 13.6. The van der Waals surface area contributed by atoms with Crippen LogP contribution < -0.4 is 5.32 Å². The minimum absolute atomic E-state index is 0.504. The highest BCUT2D eigenvalue weighted by molar-refractivity contribution is 6.35. The normalized spacial score (nSPS) is 17.5. The van der Waals surface area contributed by atoms with Gasteiger partial charge in [-0.25, -0.2) is 0 Å². The summed E-state index contributed by atoms with van der Waals surface area (Å²) in [5.41, 5.74) is 3.06. The molecule has 0 saturated heterocycles. The van der Waals surface area contributed by atoms with Crippen LogP contribution in [0.25, 0.3) is 11.0 Å². The Morgan fingerprint density at radius 1 is 1.41 bits per heavy atom. The number of hydrogen-bond acceptors (Lipinski definition) is 3. The van der Waals surface area contributed by atoms with E-state index in [0.29, 0.717) is 17.5 Å². The molecule has 0 amide bonds. The highest BCUT2D eigenvalue weighted by atomic mass is 35.5. The summed E-state index contributed by atoms with van der Waals surface area (Å²) in [5, 5.41) is 10.2. The Kier molecular flexibility index (Phi) is 3.31. The summed E-state index contributed by atoms with van der Waals surface area (Å²) in [7, 11) is 0. The average Bonchev–Trinajstić information content (AvgIpc) is 2.97. The summed E-state index contributed by atoms with van der Waals surface area (Å²) >= 11 is 12.3. The average molecular weight is 336 g/mol. The maximum absolute atomic E-state index is 6.36. The first-order chi connectivity index (χ1) is 10.6. The predicted molar refractivity (Wildman–Crippen MR) is 88.9 cm³/mol. The Hall–Kier alpha value is -1.65. The summed E-state index contributed by atoms with van der Waals surface area (Å²) in [5.74, 6) is 1.43. The molecule has 1 atom stereocenters. The molecule has 1 aliphatic heterocycles. The molecule has 3 aromatic rings. The van der Waals surface area contributed by atoms with Crippen LogP contribution in [0.3, 0.4) is 0 Å². The van der Waals surface area contributed by atoms with Crippen LogP contribution in [0.2, 0.25) is 10.0 Å². The highest BCUT2D eigenvalue weighted by Gasteiger charge is 2.24. The van der Waals surface area contributed by atoms with Crippen molar-refractivity contribution in [1.82, 2.24) is 9.78 Å². The minimum atomic E-state index is 0.504. The summed E-state index contributed by atoms with van der Waals surface area (Å²) in [6, 6.07) is 3.81. The molecule has 0 radical (unpaired) electrons. The molecule has 0 aliphatic carbocycles. The first-order valence-corrected chi connectivity index (χ1v) is 8.02. The second-order valence-electron chi connectivity index (χ2n) is 5.85. The largest absolute Gasteiger partial charge is 0.459 e. The lowest BCUT2D eigenvalue weighted by atomic mass is 10.00. The first-order valence-electron chi connectivity index (χ1n) is 7.26. The van der Waals surface area contributed by atoms with E-state index in [-0.39, 0.29) is 0 Å². The number of rotatable bonds is 2. The number of nitrogens with zero attached hydrogens (tertiary/aromatic N) is 2. The van der Waals surface area contributed by atoms with E-state index in [2.05, 4.69) is 17.3 Å². The van der Waals surface area contributed by atoms with Gasteiger partial charge in [-0.15, -0.1) is 0 Å². The minimum Gasteiger partial charge on any atom is -0.459 e. The monoisotopic (exact) mass is 335 g/mol. The Morgan fingerprint density at radius 3 is 3.05 bits per heavy atom. The van der Waals surface area contributed by atoms with E-state index in [1.807, 2.05) is 12.1 Å². The zero-order valence-electron chi connectivity index (χ0n) is 12.1. The lowest BCUT2D eigenvalue weighted by Crippen LogP contribution is -2.11. The van der Waals surface area contributed by atoms with Crippen molar-refractivity contribution in [3.8, 4) is 0 Å². The van der Waals surface area contributed by atoms with Gasteiger partial charge in [0.05, 0.1) is 28.5 Å². The molecule has 22 heavy (non-hydrogen) atoms. The summed E-state index contributed by atoms with van der Waals surface area (Å²) in [6.45, 7) is 3.70. The highest BCUT2D eigenvalue weighted by Crippen LogP contribution is 2.40. The van der Waals surface area contributed by atoms with Gasteiger partial charge in [0, 0.05) is 23.7 Å². The number of benzene rings is 1. The Morgan fingerprint density at radius 2 is 2.27 bits per heavy atom. The van der Waals surface area contributed by atoms with E-state index in [1.165, 1.54) is 5.56 Å². The molecule has 4 nitrogen and oxygen atoms in total. The van der Waals surface area contributed by atoms with Crippen molar-refractivity contribution < 1.29 is 4.42 Å². The predicted octanol–water partition coefficient (Wildman–Crippen LogP) is 4.59. The van der Waals surface area contributed by atoms with Crippen molar-refractivity contribution in [2.24, 2.45) is 5.92 Å². The van der Waals surface area contributed by atoms with Gasteiger partial charge in [0.2, 0.25) is 0 Å². The van der Waals surface area contributed by atoms with Gasteiger partial charge >= 0.3 is 0 Å². The van der Waals surface area contributed by atoms with Gasteiger partial charge in [-0.1, -0.05) is 30.1 Å². The molecule has 0 saturated carbocycles. The van der Waals surface area contributed by atoms with Crippen LogP contribution in [0.5, 0.6) is 0 Å². The van der Waals surface area contributed by atoms with Gasteiger partial charge in [0.25, 0.3) is 0 Å². The number of hydrogen-bond donors (Lipinski definition) is 1. The molecule has 1 aromatic carbocycles. The van der Waals surface area contributed by atoms with Crippen LogP contribution in [-0.2, 0) is 13.0 Å². The van der Waals surface area contributed by atoms with Gasteiger partial charge in [0.1, 0.15) is 11.3 Å². The van der Waals surface area contributed by atoms with E-state index < -0.39 is 0 Å². The van der Waals surface area contributed by atoms with Crippen molar-refractivity contribution in [2.45, 2.75) is 19.9 Å². The standard InChI is InChI=1S/C16H15Cl2N3O/c1-9-4-11-14(8-21-7-10(17)6-20-21)22-13-3-2-12(18)16(15(11)13)19-5-9/h2-3,6-7,9,19H,4-5,8H2,1H3. The summed E-state index contributed by atoms with van der Waals surface area (Å²) in [4.78, 5) is 0. The third kappa shape index (κ3) is 2.27. The van der Waals surface area contributed by atoms with Crippen LogP contribution >= 0.6 is 23.2 Å². The third-order valence-electron chi connectivity index (χ3n) is 4.08. The van der Waals surface area contributed by atoms with Crippen molar-refractivity contribution in [2.75, 3.05) is 11.9 Å². The molecular weight excluding hydrogens is 321 g/mol. The molecular formula is C16H15Cl2N3O. The fraction of sp³-hybridized carbons (Fsp3) is 0.312. The third-order valence-corrected chi connectivity index (χ3v) is 4.59. The second-order valence-corrected chi connectivity index (χ2v) is 6.69. The quantitative estimate of drug-likeness (QED) is 0.744. The fourth-order valence-corrected chi connectivity index (χ4v) is 3.44. The number of furan rings is 1. The molecule has 1 N–H and O–H groups in total. The number of anilines is 1. The molecule has 3 heterocycles. The van der Waals surface area contributed by atoms with Crippen LogP contribution in [0.1, 0.15) is 18.2 Å². The van der Waals surface area contributed by atoms with Crippen molar-refractivity contribution in [3.05, 3.63) is 45.9 Å².